The number of hydrogen-bond donors (Lipinski definition) is 1. The SMILES string of the molecule is CNc1c(F)cc(C(=O)N2CCC(C(C)(C)C)C2)cc1F. The summed E-state index contributed by atoms with van der Waals surface area (Å²) < 4.78 is 27.5. The van der Waals surface area contributed by atoms with E-state index in [0.29, 0.717) is 19.0 Å². The molecular weight excluding hydrogens is 274 g/mol. The third-order valence-corrected chi connectivity index (χ3v) is 4.24. The minimum Gasteiger partial charge on any atom is -0.383 e. The predicted molar refractivity (Wildman–Crippen MR) is 79.4 cm³/mol. The highest BCUT2D eigenvalue weighted by Gasteiger charge is 2.34. The van der Waals surface area contributed by atoms with E-state index in [4.69, 9.17) is 0 Å². The monoisotopic (exact) mass is 296 g/mol. The highest BCUT2D eigenvalue weighted by molar-refractivity contribution is 5.94. The van der Waals surface area contributed by atoms with E-state index in [1.807, 2.05) is 0 Å². The zero-order chi connectivity index (χ0) is 15.8. The molecule has 1 N–H and O–H groups in total. The summed E-state index contributed by atoms with van der Waals surface area (Å²) >= 11 is 0. The summed E-state index contributed by atoms with van der Waals surface area (Å²) in [5, 5.41) is 2.45. The Balaban J connectivity index is 2.19. The highest BCUT2D eigenvalue weighted by atomic mass is 19.1. The van der Waals surface area contributed by atoms with Crippen LogP contribution in [0.2, 0.25) is 0 Å². The molecule has 1 amide bonds. The van der Waals surface area contributed by atoms with Crippen LogP contribution < -0.4 is 5.32 Å². The maximum absolute atomic E-state index is 13.8. The number of likely N-dealkylation sites (tertiary alicyclic amines) is 1. The molecule has 2 rings (SSSR count). The number of rotatable bonds is 2. The summed E-state index contributed by atoms with van der Waals surface area (Å²) in [6.07, 6.45) is 0.925. The first kappa shape index (κ1) is 15.7. The van der Waals surface area contributed by atoms with Crippen LogP contribution in [0.25, 0.3) is 0 Å². The second-order valence-electron chi connectivity index (χ2n) is 6.67. The standard InChI is InChI=1S/C16H22F2N2O/c1-16(2,3)11-5-6-20(9-11)15(21)10-7-12(17)14(19-4)13(18)8-10/h7-8,11,19H,5-6,9H2,1-4H3. The van der Waals surface area contributed by atoms with Gasteiger partial charge in [-0.2, -0.15) is 0 Å². The molecule has 0 radical (unpaired) electrons. The molecule has 1 aromatic carbocycles. The number of halogens is 2. The minimum atomic E-state index is -0.743. The van der Waals surface area contributed by atoms with Crippen LogP contribution >= 0.6 is 0 Å². The van der Waals surface area contributed by atoms with Gasteiger partial charge in [0.25, 0.3) is 5.91 Å². The van der Waals surface area contributed by atoms with Gasteiger partial charge in [0.2, 0.25) is 0 Å². The largest absolute Gasteiger partial charge is 0.383 e. The number of nitrogens with zero attached hydrogens (tertiary/aromatic N) is 1. The summed E-state index contributed by atoms with van der Waals surface area (Å²) in [7, 11) is 1.44. The molecule has 0 spiro atoms. The van der Waals surface area contributed by atoms with Crippen molar-refractivity contribution < 1.29 is 13.6 Å². The van der Waals surface area contributed by atoms with Crippen molar-refractivity contribution in [1.29, 1.82) is 0 Å². The zero-order valence-corrected chi connectivity index (χ0v) is 13.0. The molecule has 21 heavy (non-hydrogen) atoms. The zero-order valence-electron chi connectivity index (χ0n) is 13.0. The molecule has 1 atom stereocenters. The fourth-order valence-corrected chi connectivity index (χ4v) is 2.77. The lowest BCUT2D eigenvalue weighted by molar-refractivity contribution is 0.0775. The number of anilines is 1. The average molecular weight is 296 g/mol. The number of amides is 1. The third kappa shape index (κ3) is 3.17. The molecule has 1 unspecified atom stereocenters. The van der Waals surface area contributed by atoms with Crippen LogP contribution in [-0.4, -0.2) is 30.9 Å². The molecule has 5 heteroatoms. The van der Waals surface area contributed by atoms with Gasteiger partial charge in [-0.25, -0.2) is 8.78 Å². The number of hydrogen-bond acceptors (Lipinski definition) is 2. The van der Waals surface area contributed by atoms with Gasteiger partial charge in [-0.15, -0.1) is 0 Å². The molecule has 0 bridgehead atoms. The van der Waals surface area contributed by atoms with Gasteiger partial charge in [0, 0.05) is 25.7 Å². The molecule has 1 heterocycles. The fraction of sp³-hybridized carbons (Fsp3) is 0.562. The topological polar surface area (TPSA) is 32.3 Å². The summed E-state index contributed by atoms with van der Waals surface area (Å²) in [6.45, 7) is 7.71. The number of carbonyl (C=O) groups excluding carboxylic acids is 1. The maximum atomic E-state index is 13.8. The quantitative estimate of drug-likeness (QED) is 0.905. The van der Waals surface area contributed by atoms with Gasteiger partial charge in [0.1, 0.15) is 17.3 Å². The van der Waals surface area contributed by atoms with E-state index in [9.17, 15) is 13.6 Å². The van der Waals surface area contributed by atoms with Gasteiger partial charge in [0.15, 0.2) is 0 Å². The smallest absolute Gasteiger partial charge is 0.254 e. The highest BCUT2D eigenvalue weighted by Crippen LogP contribution is 2.34. The molecule has 0 aliphatic carbocycles. The van der Waals surface area contributed by atoms with Gasteiger partial charge >= 0.3 is 0 Å². The Morgan fingerprint density at radius 1 is 1.29 bits per heavy atom. The molecule has 116 valence electrons. The van der Waals surface area contributed by atoms with Crippen molar-refractivity contribution in [2.75, 3.05) is 25.5 Å². The first-order chi connectivity index (χ1) is 9.74. The van der Waals surface area contributed by atoms with E-state index >= 15 is 0 Å². The van der Waals surface area contributed by atoms with Crippen LogP contribution in [0.5, 0.6) is 0 Å². The van der Waals surface area contributed by atoms with Gasteiger partial charge in [-0.05, 0) is 29.9 Å². The van der Waals surface area contributed by atoms with Crippen LogP contribution in [0.4, 0.5) is 14.5 Å². The van der Waals surface area contributed by atoms with E-state index in [0.717, 1.165) is 18.6 Å². The number of carbonyl (C=O) groups is 1. The first-order valence-electron chi connectivity index (χ1n) is 7.20. The van der Waals surface area contributed by atoms with Crippen molar-refractivity contribution >= 4 is 11.6 Å². The third-order valence-electron chi connectivity index (χ3n) is 4.24. The summed E-state index contributed by atoms with van der Waals surface area (Å²) in [4.78, 5) is 14.1. The lowest BCUT2D eigenvalue weighted by Crippen LogP contribution is -2.31. The van der Waals surface area contributed by atoms with Crippen molar-refractivity contribution in [2.24, 2.45) is 11.3 Å². The lowest BCUT2D eigenvalue weighted by Gasteiger charge is -2.27. The normalized spacial score (nSPS) is 19.0. The summed E-state index contributed by atoms with van der Waals surface area (Å²) in [5.74, 6) is -1.38. The van der Waals surface area contributed by atoms with Gasteiger partial charge in [-0.1, -0.05) is 20.8 Å². The predicted octanol–water partition coefficient (Wildman–Crippen LogP) is 3.51. The second-order valence-corrected chi connectivity index (χ2v) is 6.67. The first-order valence-corrected chi connectivity index (χ1v) is 7.20. The fourth-order valence-electron chi connectivity index (χ4n) is 2.77. The van der Waals surface area contributed by atoms with Gasteiger partial charge in [0.05, 0.1) is 0 Å². The number of nitrogens with one attached hydrogen (secondary N) is 1. The maximum Gasteiger partial charge on any atom is 0.254 e. The van der Waals surface area contributed by atoms with Crippen LogP contribution in [0.3, 0.4) is 0 Å². The van der Waals surface area contributed by atoms with E-state index in [2.05, 4.69) is 26.1 Å². The molecule has 1 aromatic rings. The van der Waals surface area contributed by atoms with Gasteiger partial charge < -0.3 is 10.2 Å². The molecular formula is C16H22F2N2O. The van der Waals surface area contributed by atoms with Gasteiger partial charge in [-0.3, -0.25) is 4.79 Å². The van der Waals surface area contributed by atoms with E-state index in [1.54, 1.807) is 4.90 Å². The Kier molecular flexibility index (Phi) is 4.21. The second kappa shape index (κ2) is 5.62. The number of benzene rings is 1. The molecule has 1 aliphatic rings. The Bertz CT molecular complexity index is 529. The van der Waals surface area contributed by atoms with Crippen molar-refractivity contribution in [1.82, 2.24) is 4.90 Å². The van der Waals surface area contributed by atoms with Crippen molar-refractivity contribution in [3.63, 3.8) is 0 Å². The molecule has 1 saturated heterocycles. The van der Waals surface area contributed by atoms with Crippen LogP contribution in [0.1, 0.15) is 37.6 Å². The van der Waals surface area contributed by atoms with Crippen molar-refractivity contribution in [3.8, 4) is 0 Å². The van der Waals surface area contributed by atoms with Crippen LogP contribution in [0.15, 0.2) is 12.1 Å². The molecule has 0 saturated carbocycles. The Hall–Kier alpha value is -1.65. The van der Waals surface area contributed by atoms with E-state index in [-0.39, 0.29) is 22.6 Å². The Labute approximate surface area is 124 Å². The average Bonchev–Trinajstić information content (AvgIpc) is 2.86. The van der Waals surface area contributed by atoms with E-state index < -0.39 is 11.6 Å². The summed E-state index contributed by atoms with van der Waals surface area (Å²) in [5.41, 5.74) is -0.0132. The molecule has 1 aliphatic heterocycles. The van der Waals surface area contributed by atoms with Crippen molar-refractivity contribution in [3.05, 3.63) is 29.3 Å². The summed E-state index contributed by atoms with van der Waals surface area (Å²) in [6, 6.07) is 2.20. The lowest BCUT2D eigenvalue weighted by atomic mass is 9.80. The van der Waals surface area contributed by atoms with Crippen molar-refractivity contribution in [2.45, 2.75) is 27.2 Å². The molecule has 1 fully saturated rings. The van der Waals surface area contributed by atoms with Crippen LogP contribution in [-0.2, 0) is 0 Å². The van der Waals surface area contributed by atoms with E-state index in [1.165, 1.54) is 7.05 Å². The molecule has 3 nitrogen and oxygen atoms in total. The minimum absolute atomic E-state index is 0.0681. The Morgan fingerprint density at radius 2 is 1.86 bits per heavy atom. The molecule has 0 aromatic heterocycles. The Morgan fingerprint density at radius 3 is 2.29 bits per heavy atom. The van der Waals surface area contributed by atoms with Crippen LogP contribution in [0, 0.1) is 23.0 Å².